The van der Waals surface area contributed by atoms with Crippen LogP contribution < -0.4 is 5.73 Å². The van der Waals surface area contributed by atoms with Crippen molar-refractivity contribution in [2.75, 3.05) is 19.7 Å². The Balaban J connectivity index is 1.41. The van der Waals surface area contributed by atoms with E-state index < -0.39 is 6.04 Å². The van der Waals surface area contributed by atoms with E-state index in [1.807, 2.05) is 53.4 Å². The van der Waals surface area contributed by atoms with E-state index in [0.717, 1.165) is 25.1 Å². The Bertz CT molecular complexity index is 660. The fourth-order valence-corrected chi connectivity index (χ4v) is 3.28. The van der Waals surface area contributed by atoms with Crippen LogP contribution in [0.15, 0.2) is 60.7 Å². The number of hydrogen-bond acceptors (Lipinski definition) is 3. The van der Waals surface area contributed by atoms with Gasteiger partial charge in [0.2, 0.25) is 5.91 Å². The summed E-state index contributed by atoms with van der Waals surface area (Å²) in [5, 5.41) is 0. The number of benzene rings is 2. The molecule has 132 valence electrons. The fraction of sp³-hybridized carbons (Fsp3) is 0.381. The standard InChI is InChI=1S/C21H26N2O2/c22-20(13-17-7-3-1-4-8-17)21(24)23-12-11-19(14-23)16-25-15-18-9-5-2-6-10-18/h1-10,19-20H,11-16,22H2/t19?,20-/m0/s1. The van der Waals surface area contributed by atoms with Crippen LogP contribution in [0.4, 0.5) is 0 Å². The van der Waals surface area contributed by atoms with Gasteiger partial charge in [-0.15, -0.1) is 0 Å². The number of hydrogen-bond donors (Lipinski definition) is 1. The maximum atomic E-state index is 12.6. The highest BCUT2D eigenvalue weighted by atomic mass is 16.5. The first-order valence-corrected chi connectivity index (χ1v) is 8.92. The molecule has 0 saturated carbocycles. The van der Waals surface area contributed by atoms with Crippen molar-refractivity contribution in [3.8, 4) is 0 Å². The first-order valence-electron chi connectivity index (χ1n) is 8.92. The Labute approximate surface area is 149 Å². The third-order valence-corrected chi connectivity index (χ3v) is 4.68. The summed E-state index contributed by atoms with van der Waals surface area (Å²) in [6, 6.07) is 19.6. The zero-order valence-electron chi connectivity index (χ0n) is 14.5. The first-order chi connectivity index (χ1) is 12.2. The van der Waals surface area contributed by atoms with Gasteiger partial charge in [-0.3, -0.25) is 4.79 Å². The molecule has 3 rings (SSSR count). The molecule has 1 amide bonds. The van der Waals surface area contributed by atoms with E-state index in [9.17, 15) is 4.79 Å². The molecule has 2 aromatic carbocycles. The van der Waals surface area contributed by atoms with Crippen LogP contribution in [0, 0.1) is 5.92 Å². The maximum Gasteiger partial charge on any atom is 0.239 e. The second-order valence-corrected chi connectivity index (χ2v) is 6.74. The summed E-state index contributed by atoms with van der Waals surface area (Å²) in [5.41, 5.74) is 8.41. The molecule has 4 nitrogen and oxygen atoms in total. The topological polar surface area (TPSA) is 55.6 Å². The second-order valence-electron chi connectivity index (χ2n) is 6.74. The van der Waals surface area contributed by atoms with Crippen molar-refractivity contribution < 1.29 is 9.53 Å². The number of likely N-dealkylation sites (tertiary alicyclic amines) is 1. The molecule has 0 radical (unpaired) electrons. The van der Waals surface area contributed by atoms with Gasteiger partial charge in [-0.25, -0.2) is 0 Å². The largest absolute Gasteiger partial charge is 0.376 e. The second kappa shape index (κ2) is 8.79. The molecule has 1 saturated heterocycles. The minimum atomic E-state index is -0.466. The molecule has 0 bridgehead atoms. The number of carbonyl (C=O) groups is 1. The number of nitrogens with zero attached hydrogens (tertiary/aromatic N) is 1. The van der Waals surface area contributed by atoms with Crippen molar-refractivity contribution >= 4 is 5.91 Å². The van der Waals surface area contributed by atoms with Gasteiger partial charge in [-0.05, 0) is 24.0 Å². The van der Waals surface area contributed by atoms with Crippen LogP contribution in [0.3, 0.4) is 0 Å². The van der Waals surface area contributed by atoms with Crippen molar-refractivity contribution in [2.24, 2.45) is 11.7 Å². The zero-order chi connectivity index (χ0) is 17.5. The van der Waals surface area contributed by atoms with Crippen LogP contribution in [-0.2, 0) is 22.6 Å². The molecule has 1 aliphatic rings. The molecule has 1 fully saturated rings. The van der Waals surface area contributed by atoms with Gasteiger partial charge in [0, 0.05) is 19.0 Å². The summed E-state index contributed by atoms with van der Waals surface area (Å²) in [6.07, 6.45) is 1.57. The molecule has 25 heavy (non-hydrogen) atoms. The SMILES string of the molecule is N[C@@H](Cc1ccccc1)C(=O)N1CCC(COCc2ccccc2)C1. The third-order valence-electron chi connectivity index (χ3n) is 4.68. The lowest BCUT2D eigenvalue weighted by atomic mass is 10.1. The molecule has 1 heterocycles. The van der Waals surface area contributed by atoms with Gasteiger partial charge >= 0.3 is 0 Å². The summed E-state index contributed by atoms with van der Waals surface area (Å²) < 4.78 is 5.82. The Morgan fingerprint density at radius 3 is 2.40 bits per heavy atom. The smallest absolute Gasteiger partial charge is 0.239 e. The van der Waals surface area contributed by atoms with E-state index in [2.05, 4.69) is 12.1 Å². The lowest BCUT2D eigenvalue weighted by Gasteiger charge is -2.21. The van der Waals surface area contributed by atoms with Gasteiger partial charge < -0.3 is 15.4 Å². The predicted octanol–water partition coefficient (Wildman–Crippen LogP) is 2.62. The number of ether oxygens (including phenoxy) is 1. The van der Waals surface area contributed by atoms with Crippen molar-refractivity contribution in [1.29, 1.82) is 0 Å². The summed E-state index contributed by atoms with van der Waals surface area (Å²) >= 11 is 0. The van der Waals surface area contributed by atoms with Crippen molar-refractivity contribution in [2.45, 2.75) is 25.5 Å². The average Bonchev–Trinajstić information content (AvgIpc) is 3.11. The number of nitrogens with two attached hydrogens (primary N) is 1. The Morgan fingerprint density at radius 2 is 1.72 bits per heavy atom. The van der Waals surface area contributed by atoms with Crippen LogP contribution in [0.5, 0.6) is 0 Å². The third kappa shape index (κ3) is 5.15. The Hall–Kier alpha value is -2.17. The molecule has 1 unspecified atom stereocenters. The monoisotopic (exact) mass is 338 g/mol. The minimum Gasteiger partial charge on any atom is -0.376 e. The van der Waals surface area contributed by atoms with Crippen LogP contribution >= 0.6 is 0 Å². The molecule has 2 N–H and O–H groups in total. The molecule has 4 heteroatoms. The highest BCUT2D eigenvalue weighted by Gasteiger charge is 2.29. The lowest BCUT2D eigenvalue weighted by molar-refractivity contribution is -0.131. The van der Waals surface area contributed by atoms with Crippen molar-refractivity contribution in [3.63, 3.8) is 0 Å². The van der Waals surface area contributed by atoms with Crippen molar-refractivity contribution in [1.82, 2.24) is 4.90 Å². The summed E-state index contributed by atoms with van der Waals surface area (Å²) in [4.78, 5) is 14.4. The zero-order valence-corrected chi connectivity index (χ0v) is 14.5. The quantitative estimate of drug-likeness (QED) is 0.844. The predicted molar refractivity (Wildman–Crippen MR) is 98.9 cm³/mol. The molecule has 0 spiro atoms. The molecular weight excluding hydrogens is 312 g/mol. The van der Waals surface area contributed by atoms with Gasteiger partial charge in [0.25, 0.3) is 0 Å². The summed E-state index contributed by atoms with van der Waals surface area (Å²) in [7, 11) is 0. The van der Waals surface area contributed by atoms with E-state index in [0.29, 0.717) is 25.6 Å². The molecule has 2 atom stereocenters. The van der Waals surface area contributed by atoms with Crippen LogP contribution in [-0.4, -0.2) is 36.5 Å². The molecule has 2 aromatic rings. The normalized spacial score (nSPS) is 18.3. The number of rotatable bonds is 7. The van der Waals surface area contributed by atoms with E-state index in [4.69, 9.17) is 10.5 Å². The highest BCUT2D eigenvalue weighted by molar-refractivity contribution is 5.82. The number of amides is 1. The van der Waals surface area contributed by atoms with Crippen LogP contribution in [0.25, 0.3) is 0 Å². The van der Waals surface area contributed by atoms with E-state index in [-0.39, 0.29) is 5.91 Å². The minimum absolute atomic E-state index is 0.0504. The Kier molecular flexibility index (Phi) is 6.20. The highest BCUT2D eigenvalue weighted by Crippen LogP contribution is 2.18. The summed E-state index contributed by atoms with van der Waals surface area (Å²) in [6.45, 7) is 2.84. The van der Waals surface area contributed by atoms with E-state index >= 15 is 0 Å². The van der Waals surface area contributed by atoms with Gasteiger partial charge in [0.1, 0.15) is 0 Å². The molecule has 0 aromatic heterocycles. The van der Waals surface area contributed by atoms with Crippen LogP contribution in [0.2, 0.25) is 0 Å². The molecule has 1 aliphatic heterocycles. The number of carbonyl (C=O) groups excluding carboxylic acids is 1. The van der Waals surface area contributed by atoms with E-state index in [1.165, 1.54) is 5.56 Å². The fourth-order valence-electron chi connectivity index (χ4n) is 3.28. The maximum absolute atomic E-state index is 12.6. The van der Waals surface area contributed by atoms with E-state index in [1.54, 1.807) is 0 Å². The molecular formula is C21H26N2O2. The average molecular weight is 338 g/mol. The lowest BCUT2D eigenvalue weighted by Crippen LogP contribution is -2.44. The van der Waals surface area contributed by atoms with Gasteiger partial charge in [0.15, 0.2) is 0 Å². The summed E-state index contributed by atoms with van der Waals surface area (Å²) in [5.74, 6) is 0.450. The van der Waals surface area contributed by atoms with Crippen LogP contribution in [0.1, 0.15) is 17.5 Å². The van der Waals surface area contributed by atoms with Gasteiger partial charge in [-0.1, -0.05) is 60.7 Å². The van der Waals surface area contributed by atoms with Crippen molar-refractivity contribution in [3.05, 3.63) is 71.8 Å². The van der Waals surface area contributed by atoms with Gasteiger partial charge in [-0.2, -0.15) is 0 Å². The first kappa shape index (κ1) is 17.6. The molecule has 0 aliphatic carbocycles. The Morgan fingerprint density at radius 1 is 1.08 bits per heavy atom. The van der Waals surface area contributed by atoms with Gasteiger partial charge in [0.05, 0.1) is 19.3 Å².